The molecule has 4 heteroatoms. The summed E-state index contributed by atoms with van der Waals surface area (Å²) in [4.78, 5) is 11.7. The summed E-state index contributed by atoms with van der Waals surface area (Å²) in [6, 6.07) is 0. The molecule has 0 saturated carbocycles. The fourth-order valence-corrected chi connectivity index (χ4v) is 2.29. The highest BCUT2D eigenvalue weighted by Gasteiger charge is 2.34. The molecule has 0 aromatic carbocycles. The standard InChI is InChI=1S/C13H26N2O2/c1-3-4-5-6-12(16)17-13(2,14)11-7-9-15-10-8-11/h11,15H,3-10,14H2,1-2H3. The highest BCUT2D eigenvalue weighted by molar-refractivity contribution is 5.69. The van der Waals surface area contributed by atoms with Gasteiger partial charge in [-0.1, -0.05) is 19.8 Å². The first-order chi connectivity index (χ1) is 8.06. The van der Waals surface area contributed by atoms with E-state index < -0.39 is 5.72 Å². The third-order valence-electron chi connectivity index (χ3n) is 3.47. The van der Waals surface area contributed by atoms with Gasteiger partial charge >= 0.3 is 5.97 Å². The van der Waals surface area contributed by atoms with Crippen molar-refractivity contribution in [2.75, 3.05) is 13.1 Å². The normalized spacial score (nSPS) is 20.9. The number of unbranched alkanes of at least 4 members (excludes halogenated alkanes) is 2. The number of rotatable bonds is 6. The van der Waals surface area contributed by atoms with E-state index in [4.69, 9.17) is 10.5 Å². The number of carbonyl (C=O) groups is 1. The quantitative estimate of drug-likeness (QED) is 0.423. The van der Waals surface area contributed by atoms with Gasteiger partial charge in [-0.15, -0.1) is 0 Å². The fraction of sp³-hybridized carbons (Fsp3) is 0.923. The Balaban J connectivity index is 2.33. The lowest BCUT2D eigenvalue weighted by molar-refractivity contribution is -0.164. The molecule has 1 aliphatic heterocycles. The predicted octanol–water partition coefficient (Wildman–Crippen LogP) is 1.78. The first kappa shape index (κ1) is 14.5. The molecule has 3 N–H and O–H groups in total. The van der Waals surface area contributed by atoms with Crippen LogP contribution in [0, 0.1) is 5.92 Å². The highest BCUT2D eigenvalue weighted by Crippen LogP contribution is 2.25. The summed E-state index contributed by atoms with van der Waals surface area (Å²) in [6.07, 6.45) is 5.54. The lowest BCUT2D eigenvalue weighted by atomic mass is 9.88. The monoisotopic (exact) mass is 242 g/mol. The summed E-state index contributed by atoms with van der Waals surface area (Å²) in [5.41, 5.74) is 5.33. The van der Waals surface area contributed by atoms with Crippen LogP contribution in [0.25, 0.3) is 0 Å². The van der Waals surface area contributed by atoms with E-state index in [1.54, 1.807) is 0 Å². The van der Waals surface area contributed by atoms with E-state index in [9.17, 15) is 4.79 Å². The fourth-order valence-electron chi connectivity index (χ4n) is 2.29. The van der Waals surface area contributed by atoms with Crippen molar-refractivity contribution in [3.05, 3.63) is 0 Å². The van der Waals surface area contributed by atoms with Crippen LogP contribution in [-0.4, -0.2) is 24.8 Å². The SMILES string of the molecule is CCCCCC(=O)OC(C)(N)C1CCNCC1. The molecule has 0 radical (unpaired) electrons. The molecule has 1 atom stereocenters. The minimum absolute atomic E-state index is 0.151. The number of nitrogens with two attached hydrogens (primary N) is 1. The average molecular weight is 242 g/mol. The number of piperidine rings is 1. The first-order valence-electron chi connectivity index (χ1n) is 6.77. The Morgan fingerprint density at radius 1 is 1.41 bits per heavy atom. The van der Waals surface area contributed by atoms with Gasteiger partial charge in [0, 0.05) is 12.3 Å². The Morgan fingerprint density at radius 3 is 2.65 bits per heavy atom. The molecule has 1 aliphatic rings. The van der Waals surface area contributed by atoms with Crippen molar-refractivity contribution < 1.29 is 9.53 Å². The number of ether oxygens (including phenoxy) is 1. The van der Waals surface area contributed by atoms with Crippen molar-refractivity contribution in [1.29, 1.82) is 0 Å². The molecule has 1 heterocycles. The van der Waals surface area contributed by atoms with Crippen molar-refractivity contribution >= 4 is 5.97 Å². The summed E-state index contributed by atoms with van der Waals surface area (Å²) < 4.78 is 5.43. The molecule has 4 nitrogen and oxygen atoms in total. The number of hydrogen-bond donors (Lipinski definition) is 2. The summed E-state index contributed by atoms with van der Waals surface area (Å²) in [5, 5.41) is 3.29. The Morgan fingerprint density at radius 2 is 2.06 bits per heavy atom. The van der Waals surface area contributed by atoms with Crippen LogP contribution in [0.15, 0.2) is 0 Å². The average Bonchev–Trinajstić information content (AvgIpc) is 2.30. The van der Waals surface area contributed by atoms with Crippen molar-refractivity contribution in [1.82, 2.24) is 5.32 Å². The molecule has 0 bridgehead atoms. The zero-order valence-electron chi connectivity index (χ0n) is 11.1. The molecule has 100 valence electrons. The van der Waals surface area contributed by atoms with E-state index in [0.717, 1.165) is 45.2 Å². The molecule has 0 amide bonds. The third kappa shape index (κ3) is 5.04. The van der Waals surface area contributed by atoms with Gasteiger partial charge in [-0.2, -0.15) is 0 Å². The summed E-state index contributed by atoms with van der Waals surface area (Å²) in [5.74, 6) is 0.126. The van der Waals surface area contributed by atoms with Crippen LogP contribution < -0.4 is 11.1 Å². The van der Waals surface area contributed by atoms with E-state index in [-0.39, 0.29) is 11.9 Å². The molecule has 0 aromatic heterocycles. The van der Waals surface area contributed by atoms with Crippen molar-refractivity contribution in [2.45, 2.75) is 58.1 Å². The molecule has 1 rings (SSSR count). The maximum absolute atomic E-state index is 11.7. The van der Waals surface area contributed by atoms with Gasteiger partial charge in [0.1, 0.15) is 0 Å². The van der Waals surface area contributed by atoms with Gasteiger partial charge in [0.05, 0.1) is 0 Å². The first-order valence-corrected chi connectivity index (χ1v) is 6.77. The maximum Gasteiger partial charge on any atom is 0.307 e. The second kappa shape index (κ2) is 6.97. The third-order valence-corrected chi connectivity index (χ3v) is 3.47. The molecular weight excluding hydrogens is 216 g/mol. The molecule has 17 heavy (non-hydrogen) atoms. The summed E-state index contributed by atoms with van der Waals surface area (Å²) in [6.45, 7) is 5.88. The van der Waals surface area contributed by atoms with Gasteiger partial charge in [-0.05, 0) is 39.3 Å². The van der Waals surface area contributed by atoms with Crippen LogP contribution in [0.5, 0.6) is 0 Å². The predicted molar refractivity (Wildman–Crippen MR) is 68.4 cm³/mol. The van der Waals surface area contributed by atoms with Gasteiger partial charge in [-0.3, -0.25) is 10.5 Å². The molecule has 1 unspecified atom stereocenters. The zero-order valence-corrected chi connectivity index (χ0v) is 11.1. The van der Waals surface area contributed by atoms with Crippen molar-refractivity contribution in [2.24, 2.45) is 11.7 Å². The van der Waals surface area contributed by atoms with Gasteiger partial charge in [0.25, 0.3) is 0 Å². The van der Waals surface area contributed by atoms with Gasteiger partial charge < -0.3 is 10.1 Å². The van der Waals surface area contributed by atoms with E-state index in [2.05, 4.69) is 12.2 Å². The topological polar surface area (TPSA) is 64.3 Å². The number of carbonyl (C=O) groups excluding carboxylic acids is 1. The Kier molecular flexibility index (Phi) is 5.92. The van der Waals surface area contributed by atoms with Crippen LogP contribution in [0.1, 0.15) is 52.4 Å². The van der Waals surface area contributed by atoms with E-state index >= 15 is 0 Å². The molecule has 0 spiro atoms. The van der Waals surface area contributed by atoms with Crippen molar-refractivity contribution in [3.8, 4) is 0 Å². The smallest absolute Gasteiger partial charge is 0.307 e. The largest absolute Gasteiger partial charge is 0.444 e. The van der Waals surface area contributed by atoms with Crippen molar-refractivity contribution in [3.63, 3.8) is 0 Å². The van der Waals surface area contributed by atoms with E-state index in [0.29, 0.717) is 6.42 Å². The van der Waals surface area contributed by atoms with Gasteiger partial charge in [0.15, 0.2) is 5.72 Å². The second-order valence-corrected chi connectivity index (χ2v) is 5.14. The summed E-state index contributed by atoms with van der Waals surface area (Å²) in [7, 11) is 0. The minimum Gasteiger partial charge on any atom is -0.444 e. The van der Waals surface area contributed by atoms with Crippen LogP contribution in [0.2, 0.25) is 0 Å². The number of hydrogen-bond acceptors (Lipinski definition) is 4. The van der Waals surface area contributed by atoms with Crippen LogP contribution in [0.4, 0.5) is 0 Å². The van der Waals surface area contributed by atoms with E-state index in [1.807, 2.05) is 6.92 Å². The molecular formula is C13H26N2O2. The van der Waals surface area contributed by atoms with E-state index in [1.165, 1.54) is 0 Å². The zero-order chi connectivity index (χ0) is 12.7. The van der Waals surface area contributed by atoms with Crippen LogP contribution in [0.3, 0.4) is 0 Å². The number of nitrogens with one attached hydrogen (secondary N) is 1. The van der Waals surface area contributed by atoms with Crippen LogP contribution >= 0.6 is 0 Å². The number of esters is 1. The second-order valence-electron chi connectivity index (χ2n) is 5.14. The molecule has 1 saturated heterocycles. The van der Waals surface area contributed by atoms with Crippen LogP contribution in [-0.2, 0) is 9.53 Å². The summed E-state index contributed by atoms with van der Waals surface area (Å²) >= 11 is 0. The Hall–Kier alpha value is -0.610. The maximum atomic E-state index is 11.7. The minimum atomic E-state index is -0.800. The highest BCUT2D eigenvalue weighted by atomic mass is 16.6. The van der Waals surface area contributed by atoms with Gasteiger partial charge in [0.2, 0.25) is 0 Å². The lowest BCUT2D eigenvalue weighted by Crippen LogP contribution is -2.51. The molecule has 0 aromatic rings. The lowest BCUT2D eigenvalue weighted by Gasteiger charge is -2.36. The van der Waals surface area contributed by atoms with Gasteiger partial charge in [-0.25, -0.2) is 0 Å². The Labute approximate surface area is 104 Å². The molecule has 1 fully saturated rings. The molecule has 0 aliphatic carbocycles. The Bertz CT molecular complexity index is 236.